The summed E-state index contributed by atoms with van der Waals surface area (Å²) < 4.78 is 6.43. The Balaban J connectivity index is 1.66. The Hall–Kier alpha value is -3.49. The number of Topliss-reactive ketones (excluding diaryl/α,β-unsaturated/α-hetero) is 1. The van der Waals surface area contributed by atoms with E-state index in [9.17, 15) is 14.7 Å². The number of ether oxygens (including phenoxy) is 1. The van der Waals surface area contributed by atoms with Gasteiger partial charge in [0.1, 0.15) is 17.6 Å². The lowest BCUT2D eigenvalue weighted by Crippen LogP contribution is -2.28. The lowest BCUT2D eigenvalue weighted by Gasteiger charge is -2.21. The monoisotopic (exact) mass is 476 g/mol. The summed E-state index contributed by atoms with van der Waals surface area (Å²) in [5.41, 5.74) is 2.30. The maximum atomic E-state index is 13.2. The number of carbonyl (C=O) groups is 2. The number of aliphatic hydroxyl groups excluding tert-OH is 1. The predicted octanol–water partition coefficient (Wildman–Crippen LogP) is 5.69. The van der Waals surface area contributed by atoms with E-state index >= 15 is 0 Å². The van der Waals surface area contributed by atoms with Crippen molar-refractivity contribution in [2.45, 2.75) is 19.9 Å². The third-order valence-electron chi connectivity index (χ3n) is 5.45. The summed E-state index contributed by atoms with van der Waals surface area (Å²) in [7, 11) is 0. The van der Waals surface area contributed by atoms with E-state index in [2.05, 4.69) is 4.98 Å². The number of rotatable bonds is 5. The van der Waals surface area contributed by atoms with E-state index in [1.807, 2.05) is 61.7 Å². The number of nitrogens with zero attached hydrogens (tertiary/aromatic N) is 2. The van der Waals surface area contributed by atoms with Crippen molar-refractivity contribution in [3.8, 4) is 5.75 Å². The van der Waals surface area contributed by atoms with Gasteiger partial charge in [0.25, 0.3) is 5.78 Å². The fourth-order valence-corrected chi connectivity index (χ4v) is 5.71. The predicted molar refractivity (Wildman–Crippen MR) is 131 cm³/mol. The lowest BCUT2D eigenvalue weighted by molar-refractivity contribution is -0.132. The van der Waals surface area contributed by atoms with Gasteiger partial charge < -0.3 is 9.84 Å². The van der Waals surface area contributed by atoms with E-state index in [4.69, 9.17) is 4.74 Å². The summed E-state index contributed by atoms with van der Waals surface area (Å²) in [4.78, 5) is 33.2. The molecule has 0 spiro atoms. The van der Waals surface area contributed by atoms with Crippen LogP contribution in [-0.2, 0) is 9.59 Å². The molecule has 0 aliphatic carbocycles. The third kappa shape index (κ3) is 3.71. The summed E-state index contributed by atoms with van der Waals surface area (Å²) in [5.74, 6) is -0.891. The van der Waals surface area contributed by atoms with Crippen molar-refractivity contribution < 1.29 is 19.4 Å². The molecule has 1 unspecified atom stereocenters. The first-order valence-corrected chi connectivity index (χ1v) is 12.1. The molecule has 1 saturated heterocycles. The fourth-order valence-electron chi connectivity index (χ4n) is 3.87. The van der Waals surface area contributed by atoms with E-state index in [1.165, 1.54) is 27.6 Å². The fraction of sp³-hybridized carbons (Fsp3) is 0.160. The van der Waals surface area contributed by atoms with Crippen molar-refractivity contribution in [3.05, 3.63) is 81.6 Å². The number of thiazole rings is 1. The van der Waals surface area contributed by atoms with Crippen LogP contribution >= 0.6 is 22.7 Å². The van der Waals surface area contributed by atoms with Gasteiger partial charge in [-0.2, -0.15) is 0 Å². The molecule has 1 fully saturated rings. The van der Waals surface area contributed by atoms with Crippen molar-refractivity contribution in [2.75, 3.05) is 11.5 Å². The van der Waals surface area contributed by atoms with Gasteiger partial charge in [0.05, 0.1) is 22.4 Å². The van der Waals surface area contributed by atoms with Gasteiger partial charge in [-0.1, -0.05) is 47.2 Å². The number of aliphatic hydroxyl groups is 1. The quantitative estimate of drug-likeness (QED) is 0.227. The maximum Gasteiger partial charge on any atom is 0.301 e. The van der Waals surface area contributed by atoms with E-state index < -0.39 is 17.7 Å². The van der Waals surface area contributed by atoms with Crippen LogP contribution in [0.25, 0.3) is 16.0 Å². The summed E-state index contributed by atoms with van der Waals surface area (Å²) in [6, 6.07) is 15.7. The molecule has 1 aliphatic rings. The number of carbonyl (C=O) groups excluding carboxylic acids is 2. The molecule has 1 aliphatic heterocycles. The molecule has 0 bridgehead atoms. The number of hydrogen-bond acceptors (Lipinski definition) is 7. The Labute approximate surface area is 198 Å². The average Bonchev–Trinajstić information content (AvgIpc) is 3.53. The molecular weight excluding hydrogens is 456 g/mol. The number of fused-ring (bicyclic) bond motifs is 1. The average molecular weight is 477 g/mol. The highest BCUT2D eigenvalue weighted by Gasteiger charge is 2.48. The van der Waals surface area contributed by atoms with Crippen LogP contribution in [0.15, 0.2) is 65.6 Å². The molecule has 8 heteroatoms. The minimum atomic E-state index is -0.752. The summed E-state index contributed by atoms with van der Waals surface area (Å²) in [5, 5.41) is 13.4. The van der Waals surface area contributed by atoms with Gasteiger partial charge in [0.2, 0.25) is 0 Å². The van der Waals surface area contributed by atoms with E-state index in [0.717, 1.165) is 20.9 Å². The lowest BCUT2D eigenvalue weighted by atomic mass is 9.99. The second-order valence-electron chi connectivity index (χ2n) is 7.61. The number of benzene rings is 2. The second-order valence-corrected chi connectivity index (χ2v) is 9.60. The van der Waals surface area contributed by atoms with Gasteiger partial charge in [-0.3, -0.25) is 14.5 Å². The van der Waals surface area contributed by atoms with E-state index in [-0.39, 0.29) is 11.3 Å². The van der Waals surface area contributed by atoms with Crippen LogP contribution in [0, 0.1) is 6.92 Å². The van der Waals surface area contributed by atoms with Crippen LogP contribution in [-0.4, -0.2) is 28.4 Å². The molecule has 1 atom stereocenters. The topological polar surface area (TPSA) is 79.7 Å². The largest absolute Gasteiger partial charge is 0.507 e. The van der Waals surface area contributed by atoms with Crippen molar-refractivity contribution >= 4 is 55.5 Å². The summed E-state index contributed by atoms with van der Waals surface area (Å²) >= 11 is 2.74. The zero-order valence-corrected chi connectivity index (χ0v) is 19.6. The minimum absolute atomic E-state index is 0.0700. The summed E-state index contributed by atoms with van der Waals surface area (Å²) in [6.07, 6.45) is 0. The summed E-state index contributed by atoms with van der Waals surface area (Å²) in [6.45, 7) is 4.40. The molecule has 166 valence electrons. The molecule has 6 nitrogen and oxygen atoms in total. The molecule has 2 aromatic heterocycles. The number of thiophene rings is 1. The number of amides is 1. The van der Waals surface area contributed by atoms with Gasteiger partial charge >= 0.3 is 5.91 Å². The Morgan fingerprint density at radius 1 is 1.15 bits per heavy atom. The minimum Gasteiger partial charge on any atom is -0.507 e. The number of aryl methyl sites for hydroxylation is 1. The highest BCUT2D eigenvalue weighted by Crippen LogP contribution is 2.45. The van der Waals surface area contributed by atoms with Crippen molar-refractivity contribution in [2.24, 2.45) is 0 Å². The Morgan fingerprint density at radius 3 is 2.64 bits per heavy atom. The number of hydrogen-bond donors (Lipinski definition) is 1. The number of aromatic nitrogens is 1. The molecular formula is C25H20N2O4S2. The molecule has 4 aromatic rings. The molecule has 1 amide bonds. The van der Waals surface area contributed by atoms with Crippen LogP contribution in [0.2, 0.25) is 0 Å². The van der Waals surface area contributed by atoms with E-state index in [0.29, 0.717) is 22.8 Å². The zero-order valence-electron chi connectivity index (χ0n) is 17.9. The normalized spacial score (nSPS) is 17.8. The maximum absolute atomic E-state index is 13.2. The van der Waals surface area contributed by atoms with Crippen LogP contribution < -0.4 is 9.64 Å². The smallest absolute Gasteiger partial charge is 0.301 e. The van der Waals surface area contributed by atoms with Crippen LogP contribution in [0.4, 0.5) is 5.13 Å². The Bertz CT molecular complexity index is 1390. The van der Waals surface area contributed by atoms with Crippen molar-refractivity contribution in [1.29, 1.82) is 0 Å². The number of anilines is 1. The van der Waals surface area contributed by atoms with Crippen molar-refractivity contribution in [3.63, 3.8) is 0 Å². The highest BCUT2D eigenvalue weighted by molar-refractivity contribution is 7.22. The molecule has 3 heterocycles. The molecule has 0 radical (unpaired) electrons. The first-order chi connectivity index (χ1) is 16.0. The Kier molecular flexibility index (Phi) is 5.47. The van der Waals surface area contributed by atoms with Crippen LogP contribution in [0.3, 0.4) is 0 Å². The first-order valence-electron chi connectivity index (χ1n) is 10.4. The second kappa shape index (κ2) is 8.46. The van der Waals surface area contributed by atoms with Gasteiger partial charge in [0.15, 0.2) is 5.13 Å². The standard InChI is InChI=1S/C25H20N2O4S2/c1-3-31-16-10-11-17-19(13-16)33-25(26-17)27-21(18-5-4-12-32-18)20(23(29)24(27)30)22(28)15-8-6-14(2)7-9-15/h4-13,21,28H,3H2,1-2H3/b22-20+. The van der Waals surface area contributed by atoms with Gasteiger partial charge in [0, 0.05) is 10.4 Å². The number of ketones is 1. The van der Waals surface area contributed by atoms with Crippen LogP contribution in [0.5, 0.6) is 5.75 Å². The molecule has 0 saturated carbocycles. The van der Waals surface area contributed by atoms with Crippen molar-refractivity contribution in [1.82, 2.24) is 4.98 Å². The van der Waals surface area contributed by atoms with Crippen LogP contribution in [0.1, 0.15) is 29.0 Å². The van der Waals surface area contributed by atoms with Gasteiger partial charge in [-0.05, 0) is 43.5 Å². The molecule has 2 aromatic carbocycles. The zero-order chi connectivity index (χ0) is 23.1. The molecule has 1 N–H and O–H groups in total. The third-order valence-corrected chi connectivity index (χ3v) is 7.39. The SMILES string of the molecule is CCOc1ccc2nc(N3C(=O)C(=O)/C(=C(/O)c4ccc(C)cc4)C3c3cccs3)sc2c1. The van der Waals surface area contributed by atoms with Gasteiger partial charge in [-0.25, -0.2) is 4.98 Å². The molecule has 5 rings (SSSR count). The first kappa shape index (κ1) is 21.4. The van der Waals surface area contributed by atoms with Gasteiger partial charge in [-0.15, -0.1) is 11.3 Å². The highest BCUT2D eigenvalue weighted by atomic mass is 32.1. The Morgan fingerprint density at radius 2 is 1.94 bits per heavy atom. The van der Waals surface area contributed by atoms with E-state index in [1.54, 1.807) is 12.1 Å². The molecule has 33 heavy (non-hydrogen) atoms.